The van der Waals surface area contributed by atoms with Gasteiger partial charge in [0.1, 0.15) is 86.0 Å². The number of hydrogen-bond acceptors (Lipinski definition) is 23. The standard InChI is InChI=1S/C55H86O24/c1-10-23(2)46(71)79-44-43(68)55(22-72-24(3)59)26(17-50(44,4)5)25-11-12-30-51(6)15-14-32(52(7,21-58)29(51)13-16-53(30,8)54(25,9)18-31(55)60)75-49-41(77-48-38(66)36(64)34(62)28(20-57)74-48)39(67)40(42(78-49)45(69)70)76-47-37(65)35(63)33(61)27(19-56)73-47/h10-11,26-44,47-49,56-58,60-68H,12-22H2,1-9H3,(H,69,70)/b23-10-/t26-,27+,28+,29+,30+,31-,32-,33+,34+,35-,36-,37+,38+,39-,40-,41+,42-,43-,44-,47-,48-,49+,51-,52-,53+,54+,55-/m0/s1. The summed E-state index contributed by atoms with van der Waals surface area (Å²) in [4.78, 5) is 39.0. The molecule has 3 saturated heterocycles. The maximum Gasteiger partial charge on any atom is 0.335 e. The maximum absolute atomic E-state index is 13.3. The van der Waals surface area contributed by atoms with Gasteiger partial charge in [0.2, 0.25) is 0 Å². The average Bonchev–Trinajstić information content (AvgIpc) is 3.39. The number of carbonyl (C=O) groups excluding carboxylic acids is 2. The Labute approximate surface area is 459 Å². The topological polar surface area (TPSA) is 388 Å². The second-order valence-corrected chi connectivity index (χ2v) is 25.6. The molecular weight excluding hydrogens is 1040 g/mol. The number of esters is 2. The summed E-state index contributed by atoms with van der Waals surface area (Å²) in [6.07, 6.45) is -26.8. The van der Waals surface area contributed by atoms with Crippen LogP contribution in [0.4, 0.5) is 0 Å². The minimum absolute atomic E-state index is 0.0849. The number of ether oxygens (including phenoxy) is 8. The van der Waals surface area contributed by atoms with Gasteiger partial charge < -0.3 is 104 Å². The summed E-state index contributed by atoms with van der Waals surface area (Å²) in [7, 11) is 0. The Hall–Kier alpha value is -2.83. The minimum atomic E-state index is -2.18. The Balaban J connectivity index is 1.11. The Morgan fingerprint density at radius 3 is 1.81 bits per heavy atom. The van der Waals surface area contributed by atoms with Crippen LogP contribution in [0.3, 0.4) is 0 Å². The molecule has 0 radical (unpaired) electrons. The smallest absolute Gasteiger partial charge is 0.335 e. The first-order valence-corrected chi connectivity index (χ1v) is 27.7. The largest absolute Gasteiger partial charge is 0.479 e. The van der Waals surface area contributed by atoms with Crippen molar-refractivity contribution in [2.45, 2.75) is 224 Å². The van der Waals surface area contributed by atoms with Crippen LogP contribution in [0.5, 0.6) is 0 Å². The Morgan fingerprint density at radius 1 is 0.696 bits per heavy atom. The van der Waals surface area contributed by atoms with Crippen LogP contribution in [0.2, 0.25) is 0 Å². The molecule has 0 spiro atoms. The van der Waals surface area contributed by atoms with Crippen molar-refractivity contribution in [2.24, 2.45) is 50.2 Å². The summed E-state index contributed by atoms with van der Waals surface area (Å²) in [5, 5.41) is 144. The molecule has 27 atom stereocenters. The number of carboxylic acids is 1. The number of carboxylic acid groups (broad SMARTS) is 1. The predicted molar refractivity (Wildman–Crippen MR) is 269 cm³/mol. The number of rotatable bonds is 14. The highest BCUT2D eigenvalue weighted by Crippen LogP contribution is 2.76. The highest BCUT2D eigenvalue weighted by molar-refractivity contribution is 5.87. The molecule has 0 bridgehead atoms. The fourth-order valence-electron chi connectivity index (χ4n) is 16.1. The van der Waals surface area contributed by atoms with Gasteiger partial charge in [0.15, 0.2) is 25.0 Å². The zero-order chi connectivity index (χ0) is 58.4. The lowest BCUT2D eigenvalue weighted by molar-refractivity contribution is -0.392. The van der Waals surface area contributed by atoms with Crippen LogP contribution in [0.1, 0.15) is 107 Å². The van der Waals surface area contributed by atoms with Crippen molar-refractivity contribution < 1.29 is 119 Å². The van der Waals surface area contributed by atoms with Gasteiger partial charge in [0.25, 0.3) is 0 Å². The SMILES string of the molecule is C/C=C(/C)C(=O)O[C@H]1[C@H](O)[C@]2(COC(C)=O)[C@@H](O)C[C@]3(C)C(=CC[C@@H]4[C@@]5(C)CC[C@H](O[C@@H]6O[C@H](C(=O)O)[C@@H](O[C@@H]7O[C@H](CO)[C@@H](O)[C@H](O)[C@H]7O)[C@H](O)[C@H]6O[C@@H]6O[C@H](CO)[C@@H](O)[C@H](O)[C@H]6O)[C@@](C)(CO)[C@@H]5CC[C@]43C)[C@@H]2CC1(C)C. The van der Waals surface area contributed by atoms with E-state index in [0.29, 0.717) is 37.7 Å². The van der Waals surface area contributed by atoms with Crippen LogP contribution < -0.4 is 0 Å². The molecule has 0 aromatic rings. The van der Waals surface area contributed by atoms with Crippen LogP contribution >= 0.6 is 0 Å². The van der Waals surface area contributed by atoms with Crippen LogP contribution in [-0.2, 0) is 52.3 Å². The van der Waals surface area contributed by atoms with E-state index in [1.165, 1.54) is 6.92 Å². The summed E-state index contributed by atoms with van der Waals surface area (Å²) < 4.78 is 47.7. The van der Waals surface area contributed by atoms with Crippen molar-refractivity contribution in [2.75, 3.05) is 26.4 Å². The van der Waals surface area contributed by atoms with E-state index in [0.717, 1.165) is 5.57 Å². The van der Waals surface area contributed by atoms with E-state index in [2.05, 4.69) is 26.8 Å². The molecule has 4 saturated carbocycles. The average molecular weight is 1130 g/mol. The number of carbonyl (C=O) groups is 3. The molecule has 8 rings (SSSR count). The van der Waals surface area contributed by atoms with Gasteiger partial charge in [-0.3, -0.25) is 4.79 Å². The maximum atomic E-state index is 13.3. The lowest BCUT2D eigenvalue weighted by atomic mass is 9.33. The molecule has 24 nitrogen and oxygen atoms in total. The van der Waals surface area contributed by atoms with Crippen molar-refractivity contribution in [3.63, 3.8) is 0 Å². The van der Waals surface area contributed by atoms with Gasteiger partial charge in [-0.05, 0) is 92.8 Å². The quantitative estimate of drug-likeness (QED) is 0.0415. The minimum Gasteiger partial charge on any atom is -0.479 e. The van der Waals surface area contributed by atoms with E-state index >= 15 is 0 Å². The van der Waals surface area contributed by atoms with Crippen LogP contribution in [-0.4, -0.2) is 227 Å². The first-order valence-electron chi connectivity index (χ1n) is 27.7. The van der Waals surface area contributed by atoms with Gasteiger partial charge in [-0.1, -0.05) is 59.3 Å². The molecule has 5 aliphatic carbocycles. The molecule has 13 N–H and O–H groups in total. The molecule has 0 aromatic heterocycles. The molecular formula is C55H86O24. The molecule has 0 unspecified atom stereocenters. The summed E-state index contributed by atoms with van der Waals surface area (Å²) in [5.41, 5.74) is -3.78. The van der Waals surface area contributed by atoms with Gasteiger partial charge in [0.05, 0.1) is 37.4 Å². The van der Waals surface area contributed by atoms with Crippen molar-refractivity contribution in [1.82, 2.24) is 0 Å². The van der Waals surface area contributed by atoms with E-state index in [1.54, 1.807) is 19.9 Å². The van der Waals surface area contributed by atoms with Crippen molar-refractivity contribution in [3.05, 3.63) is 23.3 Å². The number of aliphatic hydroxyl groups excluding tert-OH is 12. The molecule has 3 heterocycles. The van der Waals surface area contributed by atoms with Gasteiger partial charge >= 0.3 is 17.9 Å². The third-order valence-corrected chi connectivity index (χ3v) is 21.0. The van der Waals surface area contributed by atoms with Crippen LogP contribution in [0, 0.1) is 50.2 Å². The van der Waals surface area contributed by atoms with Crippen molar-refractivity contribution >= 4 is 17.9 Å². The fourth-order valence-corrected chi connectivity index (χ4v) is 16.1. The number of fused-ring (bicyclic) bond motifs is 7. The lowest BCUT2D eigenvalue weighted by Crippen LogP contribution is -2.72. The Kier molecular flexibility index (Phi) is 17.8. The van der Waals surface area contributed by atoms with Gasteiger partial charge in [-0.25, -0.2) is 9.59 Å². The molecule has 450 valence electrons. The van der Waals surface area contributed by atoms with Crippen LogP contribution in [0.25, 0.3) is 0 Å². The van der Waals surface area contributed by atoms with E-state index in [4.69, 9.17) is 37.9 Å². The molecule has 3 aliphatic heterocycles. The van der Waals surface area contributed by atoms with E-state index in [-0.39, 0.29) is 31.3 Å². The summed E-state index contributed by atoms with van der Waals surface area (Å²) in [6.45, 7) is 14.3. The molecule has 79 heavy (non-hydrogen) atoms. The van der Waals surface area contributed by atoms with E-state index in [9.17, 15) is 80.8 Å². The Morgan fingerprint density at radius 2 is 1.28 bits per heavy atom. The predicted octanol–water partition coefficient (Wildman–Crippen LogP) is -1.32. The van der Waals surface area contributed by atoms with Gasteiger partial charge in [-0.15, -0.1) is 0 Å². The summed E-state index contributed by atoms with van der Waals surface area (Å²) >= 11 is 0. The molecule has 0 amide bonds. The molecule has 24 heteroatoms. The zero-order valence-electron chi connectivity index (χ0n) is 46.4. The second-order valence-electron chi connectivity index (χ2n) is 25.6. The van der Waals surface area contributed by atoms with E-state index < -0.39 is 193 Å². The number of allylic oxidation sites excluding steroid dienone is 3. The van der Waals surface area contributed by atoms with Gasteiger partial charge in [0, 0.05) is 23.3 Å². The summed E-state index contributed by atoms with van der Waals surface area (Å²) in [5.74, 6) is -3.82. The third kappa shape index (κ3) is 10.0. The fraction of sp³-hybridized carbons (Fsp3) is 0.873. The third-order valence-electron chi connectivity index (χ3n) is 21.0. The van der Waals surface area contributed by atoms with Crippen molar-refractivity contribution in [1.29, 1.82) is 0 Å². The zero-order valence-corrected chi connectivity index (χ0v) is 46.4. The lowest BCUT2D eigenvalue weighted by Gasteiger charge is -2.72. The van der Waals surface area contributed by atoms with Gasteiger partial charge in [-0.2, -0.15) is 0 Å². The monoisotopic (exact) mass is 1130 g/mol. The van der Waals surface area contributed by atoms with Crippen molar-refractivity contribution in [3.8, 4) is 0 Å². The highest BCUT2D eigenvalue weighted by Gasteiger charge is 2.74. The Bertz CT molecular complexity index is 2290. The molecule has 8 aliphatic rings. The number of aliphatic carboxylic acids is 1. The first kappa shape index (κ1) is 62.2. The first-order chi connectivity index (χ1) is 36.9. The molecule has 7 fully saturated rings. The van der Waals surface area contributed by atoms with Crippen LogP contribution in [0.15, 0.2) is 23.3 Å². The number of aliphatic hydroxyl groups is 12. The highest BCUT2D eigenvalue weighted by atomic mass is 16.8. The second kappa shape index (κ2) is 22.6. The number of hydrogen-bond donors (Lipinski definition) is 13. The summed E-state index contributed by atoms with van der Waals surface area (Å²) in [6, 6.07) is 0. The molecule has 0 aromatic carbocycles. The normalized spacial score (nSPS) is 50.6. The van der Waals surface area contributed by atoms with E-state index in [1.807, 2.05) is 20.8 Å².